The minimum atomic E-state index is -0.647. The summed E-state index contributed by atoms with van der Waals surface area (Å²) in [6.45, 7) is 1.85. The number of nitrogens with one attached hydrogen (secondary N) is 2. The zero-order valence-corrected chi connectivity index (χ0v) is 21.1. The van der Waals surface area contributed by atoms with Crippen molar-refractivity contribution in [3.05, 3.63) is 92.2 Å². The normalized spacial score (nSPS) is 13.4. The molecule has 3 amide bonds. The maximum absolute atomic E-state index is 13.1. The number of carbonyl (C=O) groups is 3. The van der Waals surface area contributed by atoms with Gasteiger partial charge in [0, 0.05) is 20.5 Å². The summed E-state index contributed by atoms with van der Waals surface area (Å²) in [5, 5.41) is 5.51. The maximum Gasteiger partial charge on any atom is 0.283 e. The maximum atomic E-state index is 13.1. The molecule has 0 saturated carbocycles. The summed E-state index contributed by atoms with van der Waals surface area (Å²) in [6, 6.07) is 19.1. The Morgan fingerprint density at radius 3 is 2.24 bits per heavy atom. The van der Waals surface area contributed by atoms with Crippen molar-refractivity contribution in [3.63, 3.8) is 0 Å². The number of ether oxygens (including phenoxy) is 1. The van der Waals surface area contributed by atoms with Crippen molar-refractivity contribution >= 4 is 69.0 Å². The van der Waals surface area contributed by atoms with Gasteiger partial charge in [0.2, 0.25) is 0 Å². The number of nitrogens with zero attached hydrogens (tertiary/aromatic N) is 1. The second-order valence-electron chi connectivity index (χ2n) is 7.47. The van der Waals surface area contributed by atoms with Crippen LogP contribution in [0.4, 0.5) is 17.1 Å². The average Bonchev–Trinajstić information content (AvgIpc) is 3.04. The van der Waals surface area contributed by atoms with Crippen LogP contribution in [-0.4, -0.2) is 24.8 Å². The standard InChI is InChI=1S/C25H19ClIN3O4/c1-14-3-12-20(34-2)19(13-14)30-24(32)21(26)22(25(30)33)28-17-8-4-15(5-9-17)23(31)29-18-10-6-16(27)7-11-18/h3-13,28H,1-2H3,(H,29,31). The lowest BCUT2D eigenvalue weighted by Gasteiger charge is -2.18. The smallest absolute Gasteiger partial charge is 0.283 e. The van der Waals surface area contributed by atoms with E-state index in [1.165, 1.54) is 7.11 Å². The van der Waals surface area contributed by atoms with Gasteiger partial charge >= 0.3 is 0 Å². The zero-order valence-electron chi connectivity index (χ0n) is 18.2. The lowest BCUT2D eigenvalue weighted by atomic mass is 10.2. The largest absolute Gasteiger partial charge is 0.495 e. The summed E-state index contributed by atoms with van der Waals surface area (Å²) in [7, 11) is 1.46. The lowest BCUT2D eigenvalue weighted by molar-refractivity contribution is -0.120. The van der Waals surface area contributed by atoms with Crippen molar-refractivity contribution in [2.75, 3.05) is 22.6 Å². The molecule has 1 heterocycles. The van der Waals surface area contributed by atoms with Crippen LogP contribution >= 0.6 is 34.2 Å². The molecule has 1 aliphatic heterocycles. The molecule has 34 heavy (non-hydrogen) atoms. The van der Waals surface area contributed by atoms with Crippen LogP contribution < -0.4 is 20.3 Å². The second kappa shape index (κ2) is 9.86. The van der Waals surface area contributed by atoms with Gasteiger partial charge in [-0.05, 0) is 95.7 Å². The number of imide groups is 1. The van der Waals surface area contributed by atoms with Gasteiger partial charge < -0.3 is 15.4 Å². The molecule has 9 heteroatoms. The van der Waals surface area contributed by atoms with E-state index in [1.54, 1.807) is 36.4 Å². The molecule has 3 aromatic rings. The molecule has 0 atom stereocenters. The zero-order chi connectivity index (χ0) is 24.4. The molecular weight excluding hydrogens is 569 g/mol. The SMILES string of the molecule is COc1ccc(C)cc1N1C(=O)C(Cl)=C(Nc2ccc(C(=O)Nc3ccc(I)cc3)cc2)C1=O. The van der Waals surface area contributed by atoms with Gasteiger partial charge in [-0.3, -0.25) is 14.4 Å². The molecule has 0 bridgehead atoms. The Morgan fingerprint density at radius 1 is 0.941 bits per heavy atom. The van der Waals surface area contributed by atoms with Crippen LogP contribution in [0.2, 0.25) is 0 Å². The van der Waals surface area contributed by atoms with Gasteiger partial charge in [0.05, 0.1) is 12.8 Å². The number of rotatable bonds is 6. The van der Waals surface area contributed by atoms with Crippen LogP contribution in [0.1, 0.15) is 15.9 Å². The van der Waals surface area contributed by atoms with Crippen LogP contribution in [0.15, 0.2) is 77.5 Å². The van der Waals surface area contributed by atoms with E-state index in [2.05, 4.69) is 33.2 Å². The second-order valence-corrected chi connectivity index (χ2v) is 9.10. The Morgan fingerprint density at radius 2 is 1.59 bits per heavy atom. The van der Waals surface area contributed by atoms with Crippen molar-refractivity contribution in [1.29, 1.82) is 0 Å². The third-order valence-corrected chi connectivity index (χ3v) is 6.19. The number of anilines is 3. The van der Waals surface area contributed by atoms with Crippen molar-refractivity contribution in [2.45, 2.75) is 6.92 Å². The molecule has 2 N–H and O–H groups in total. The molecule has 0 radical (unpaired) electrons. The molecule has 172 valence electrons. The molecule has 0 unspecified atom stereocenters. The minimum absolute atomic E-state index is 0.0497. The van der Waals surface area contributed by atoms with Gasteiger partial charge in [-0.1, -0.05) is 17.7 Å². The number of hydrogen-bond acceptors (Lipinski definition) is 5. The average molecular weight is 588 g/mol. The van der Waals surface area contributed by atoms with Crippen LogP contribution in [-0.2, 0) is 9.59 Å². The third kappa shape index (κ3) is 4.78. The number of halogens is 2. The van der Waals surface area contributed by atoms with Crippen LogP contribution in [0.5, 0.6) is 5.75 Å². The molecule has 3 aromatic carbocycles. The summed E-state index contributed by atoms with van der Waals surface area (Å²) in [5.74, 6) is -1.14. The predicted octanol–water partition coefficient (Wildman–Crippen LogP) is 5.30. The number of amides is 3. The van der Waals surface area contributed by atoms with E-state index in [1.807, 2.05) is 37.3 Å². The van der Waals surface area contributed by atoms with Crippen molar-refractivity contribution in [1.82, 2.24) is 0 Å². The van der Waals surface area contributed by atoms with E-state index in [0.29, 0.717) is 28.4 Å². The molecule has 0 fully saturated rings. The van der Waals surface area contributed by atoms with E-state index in [4.69, 9.17) is 16.3 Å². The number of aryl methyl sites for hydroxylation is 1. The Hall–Kier alpha value is -3.37. The van der Waals surface area contributed by atoms with Crippen molar-refractivity contribution in [3.8, 4) is 5.75 Å². The van der Waals surface area contributed by atoms with Crippen LogP contribution in [0, 0.1) is 10.5 Å². The number of methoxy groups -OCH3 is 1. The topological polar surface area (TPSA) is 87.7 Å². The Balaban J connectivity index is 1.51. The van der Waals surface area contributed by atoms with E-state index in [9.17, 15) is 14.4 Å². The van der Waals surface area contributed by atoms with Gasteiger partial charge in [-0.25, -0.2) is 4.90 Å². The van der Waals surface area contributed by atoms with Crippen LogP contribution in [0.3, 0.4) is 0 Å². The monoisotopic (exact) mass is 587 g/mol. The molecular formula is C25H19ClIN3O4. The summed E-state index contributed by atoms with van der Waals surface area (Å²) in [4.78, 5) is 39.4. The van der Waals surface area contributed by atoms with E-state index in [-0.39, 0.29) is 16.6 Å². The highest BCUT2D eigenvalue weighted by Crippen LogP contribution is 2.36. The first kappa shape index (κ1) is 23.8. The molecule has 4 rings (SSSR count). The molecule has 1 aliphatic rings. The Bertz CT molecular complexity index is 1320. The van der Waals surface area contributed by atoms with Gasteiger partial charge in [0.1, 0.15) is 16.5 Å². The fourth-order valence-electron chi connectivity index (χ4n) is 3.39. The highest BCUT2D eigenvalue weighted by molar-refractivity contribution is 14.1. The first-order valence-electron chi connectivity index (χ1n) is 10.2. The fraction of sp³-hybridized carbons (Fsp3) is 0.0800. The lowest BCUT2D eigenvalue weighted by Crippen LogP contribution is -2.32. The molecule has 0 aliphatic carbocycles. The Kier molecular flexibility index (Phi) is 6.90. The quantitative estimate of drug-likeness (QED) is 0.302. The summed E-state index contributed by atoms with van der Waals surface area (Å²) < 4.78 is 6.38. The first-order valence-corrected chi connectivity index (χ1v) is 11.6. The molecule has 0 saturated heterocycles. The van der Waals surface area contributed by atoms with E-state index >= 15 is 0 Å². The number of benzene rings is 3. The predicted molar refractivity (Wildman–Crippen MR) is 140 cm³/mol. The third-order valence-electron chi connectivity index (χ3n) is 5.12. The van der Waals surface area contributed by atoms with Crippen LogP contribution in [0.25, 0.3) is 0 Å². The van der Waals surface area contributed by atoms with Gasteiger partial charge in [-0.2, -0.15) is 0 Å². The fourth-order valence-corrected chi connectivity index (χ4v) is 3.96. The molecule has 7 nitrogen and oxygen atoms in total. The number of carbonyl (C=O) groups excluding carboxylic acids is 3. The highest BCUT2D eigenvalue weighted by Gasteiger charge is 2.40. The summed E-state index contributed by atoms with van der Waals surface area (Å²) >= 11 is 8.43. The molecule has 0 aromatic heterocycles. The van der Waals surface area contributed by atoms with Crippen molar-refractivity contribution in [2.24, 2.45) is 0 Å². The van der Waals surface area contributed by atoms with Gasteiger partial charge in [-0.15, -0.1) is 0 Å². The minimum Gasteiger partial charge on any atom is -0.495 e. The van der Waals surface area contributed by atoms with Crippen molar-refractivity contribution < 1.29 is 19.1 Å². The van der Waals surface area contributed by atoms with Gasteiger partial charge in [0.15, 0.2) is 0 Å². The first-order chi connectivity index (χ1) is 16.3. The van der Waals surface area contributed by atoms with Gasteiger partial charge in [0.25, 0.3) is 17.7 Å². The highest BCUT2D eigenvalue weighted by atomic mass is 127. The Labute approximate surface area is 214 Å². The van der Waals surface area contributed by atoms with E-state index < -0.39 is 11.8 Å². The summed E-state index contributed by atoms with van der Waals surface area (Å²) in [6.07, 6.45) is 0. The number of hydrogen-bond donors (Lipinski definition) is 2. The molecule has 0 spiro atoms. The van der Waals surface area contributed by atoms with E-state index in [0.717, 1.165) is 14.0 Å². The summed E-state index contributed by atoms with van der Waals surface area (Å²) in [5.41, 5.74) is 2.74.